The van der Waals surface area contributed by atoms with Gasteiger partial charge < -0.3 is 19.2 Å². The zero-order valence-corrected chi connectivity index (χ0v) is 22.4. The molecule has 1 atom stereocenters. The Kier molecular flexibility index (Phi) is 6.25. The highest BCUT2D eigenvalue weighted by molar-refractivity contribution is 5.97. The van der Waals surface area contributed by atoms with Crippen LogP contribution in [0.2, 0.25) is 0 Å². The van der Waals surface area contributed by atoms with Crippen LogP contribution in [0.3, 0.4) is 0 Å². The second-order valence-corrected chi connectivity index (χ2v) is 11.0. The van der Waals surface area contributed by atoms with Crippen molar-refractivity contribution in [2.75, 3.05) is 20.8 Å². The number of fused-ring (bicyclic) bond motifs is 2. The Morgan fingerprint density at radius 2 is 1.85 bits per heavy atom. The molecule has 1 spiro atoms. The predicted molar refractivity (Wildman–Crippen MR) is 146 cm³/mol. The lowest BCUT2D eigenvalue weighted by atomic mass is 9.58. The van der Waals surface area contributed by atoms with E-state index in [0.29, 0.717) is 42.9 Å². The van der Waals surface area contributed by atoms with Crippen molar-refractivity contribution in [1.29, 1.82) is 0 Å². The Morgan fingerprint density at radius 1 is 1.05 bits per heavy atom. The van der Waals surface area contributed by atoms with Crippen LogP contribution in [0.5, 0.6) is 17.2 Å². The van der Waals surface area contributed by atoms with Crippen molar-refractivity contribution in [3.05, 3.63) is 65.4 Å². The van der Waals surface area contributed by atoms with Crippen LogP contribution in [0.4, 0.5) is 8.78 Å². The highest BCUT2D eigenvalue weighted by Gasteiger charge is 2.58. The van der Waals surface area contributed by atoms with Crippen molar-refractivity contribution >= 4 is 28.1 Å². The predicted octanol–water partition coefficient (Wildman–Crippen LogP) is 6.93. The second kappa shape index (κ2) is 9.52. The summed E-state index contributed by atoms with van der Waals surface area (Å²) >= 11 is 0. The summed E-state index contributed by atoms with van der Waals surface area (Å²) < 4.78 is 45.2. The van der Waals surface area contributed by atoms with Crippen molar-refractivity contribution in [1.82, 2.24) is 9.88 Å². The third kappa shape index (κ3) is 4.31. The molecule has 2 heterocycles. The number of nitrogens with one attached hydrogen (secondary N) is 1. The molecule has 204 valence electrons. The highest BCUT2D eigenvalue weighted by Crippen LogP contribution is 2.61. The molecule has 3 aromatic carbocycles. The molecule has 39 heavy (non-hydrogen) atoms. The van der Waals surface area contributed by atoms with Gasteiger partial charge in [-0.15, -0.1) is 0 Å². The zero-order chi connectivity index (χ0) is 27.4. The molecule has 1 aliphatic heterocycles. The number of alkyl halides is 2. The van der Waals surface area contributed by atoms with Gasteiger partial charge in [0.05, 0.1) is 19.6 Å². The monoisotopic (exact) mass is 534 g/mol. The maximum atomic E-state index is 14.2. The molecular weight excluding hydrogens is 502 g/mol. The summed E-state index contributed by atoms with van der Waals surface area (Å²) in [5.41, 5.74) is 3.86. The van der Waals surface area contributed by atoms with E-state index in [0.717, 1.165) is 45.1 Å². The first kappa shape index (κ1) is 25.6. The van der Waals surface area contributed by atoms with Crippen LogP contribution >= 0.6 is 0 Å². The number of likely N-dealkylation sites (tertiary alicyclic amines) is 1. The molecule has 1 saturated carbocycles. The minimum atomic E-state index is -2.60. The van der Waals surface area contributed by atoms with E-state index in [-0.39, 0.29) is 18.9 Å². The molecular formula is C31H32F2N2O4. The molecule has 1 N–H and O–H groups in total. The summed E-state index contributed by atoms with van der Waals surface area (Å²) in [5.74, 6) is -0.789. The third-order valence-electron chi connectivity index (χ3n) is 8.71. The summed E-state index contributed by atoms with van der Waals surface area (Å²) in [7, 11) is 3.26. The van der Waals surface area contributed by atoms with Crippen molar-refractivity contribution in [3.63, 3.8) is 0 Å². The fourth-order valence-corrected chi connectivity index (χ4v) is 7.00. The molecule has 4 aromatic rings. The Bertz CT molecular complexity index is 1560. The first-order chi connectivity index (χ1) is 18.8. The van der Waals surface area contributed by atoms with E-state index >= 15 is 0 Å². The maximum Gasteiger partial charge on any atom is 0.298 e. The molecule has 0 bridgehead atoms. The highest BCUT2D eigenvalue weighted by atomic mass is 19.3. The van der Waals surface area contributed by atoms with Gasteiger partial charge in [-0.1, -0.05) is 18.2 Å². The lowest BCUT2D eigenvalue weighted by Gasteiger charge is -2.55. The molecule has 2 fully saturated rings. The smallest absolute Gasteiger partial charge is 0.298 e. The normalized spacial score (nSPS) is 20.2. The summed E-state index contributed by atoms with van der Waals surface area (Å²) in [6, 6.07) is 13.4. The van der Waals surface area contributed by atoms with Crippen LogP contribution in [0.15, 0.2) is 48.7 Å². The number of rotatable bonds is 7. The van der Waals surface area contributed by atoms with E-state index in [1.54, 1.807) is 20.3 Å². The minimum Gasteiger partial charge on any atom is -0.496 e. The number of aromatic amines is 1. The summed E-state index contributed by atoms with van der Waals surface area (Å²) in [6.45, 7) is 3.75. The molecule has 6 nitrogen and oxygen atoms in total. The number of aryl methyl sites for hydroxylation is 1. The van der Waals surface area contributed by atoms with E-state index in [4.69, 9.17) is 14.2 Å². The van der Waals surface area contributed by atoms with Gasteiger partial charge in [0.1, 0.15) is 17.2 Å². The second-order valence-electron chi connectivity index (χ2n) is 11.0. The van der Waals surface area contributed by atoms with Crippen molar-refractivity contribution in [3.8, 4) is 17.2 Å². The number of halogens is 2. The van der Waals surface area contributed by atoms with E-state index in [1.807, 2.05) is 36.5 Å². The average Bonchev–Trinajstić information content (AvgIpc) is 3.41. The quantitative estimate of drug-likeness (QED) is 0.260. The van der Waals surface area contributed by atoms with Gasteiger partial charge in [-0.25, -0.2) is 8.78 Å². The van der Waals surface area contributed by atoms with Crippen molar-refractivity contribution in [2.45, 2.75) is 51.1 Å². The number of hydrogen-bond donors (Lipinski definition) is 1. The van der Waals surface area contributed by atoms with E-state index in [1.165, 1.54) is 0 Å². The number of methoxy groups -OCH3 is 2. The van der Waals surface area contributed by atoms with Crippen LogP contribution < -0.4 is 14.2 Å². The van der Waals surface area contributed by atoms with E-state index in [9.17, 15) is 13.6 Å². The van der Waals surface area contributed by atoms with Gasteiger partial charge >= 0.3 is 0 Å². The van der Waals surface area contributed by atoms with E-state index < -0.39 is 11.3 Å². The first-order valence-corrected chi connectivity index (χ1v) is 13.2. The van der Waals surface area contributed by atoms with Gasteiger partial charge in [0.15, 0.2) is 0 Å². The Hall–Kier alpha value is -3.65. The third-order valence-corrected chi connectivity index (χ3v) is 8.71. The molecule has 6 rings (SSSR count). The summed E-state index contributed by atoms with van der Waals surface area (Å²) in [4.78, 5) is 17.0. The lowest BCUT2D eigenvalue weighted by molar-refractivity contribution is -0.186. The molecule has 8 heteroatoms. The topological polar surface area (TPSA) is 63.8 Å². The number of ether oxygens (including phenoxy) is 3. The lowest BCUT2D eigenvalue weighted by Crippen LogP contribution is -2.53. The molecule has 2 aliphatic rings. The average molecular weight is 535 g/mol. The standard InChI is InChI=1S/C31H32F2N2O4/c1-19-13-27(38-3)23(22-9-11-34-29(19)22)15-35-12-10-30(16-31(32,33)17-30)14-24(35)20-7-8-26(39-18-36)28-21(20)5-4-6-25(28)37-2/h4-9,11,13,18,24,34H,10,12,14-17H2,1-3H3/t24-/m0/s1. The molecule has 0 amide bonds. The van der Waals surface area contributed by atoms with Crippen LogP contribution in [-0.2, 0) is 11.3 Å². The van der Waals surface area contributed by atoms with Gasteiger partial charge in [-0.3, -0.25) is 9.69 Å². The van der Waals surface area contributed by atoms with Crippen molar-refractivity contribution < 1.29 is 27.8 Å². The Morgan fingerprint density at radius 3 is 2.56 bits per heavy atom. The van der Waals surface area contributed by atoms with Crippen LogP contribution in [0.1, 0.15) is 48.4 Å². The number of hydrogen-bond acceptors (Lipinski definition) is 5. The number of carbonyl (C=O) groups excluding carboxylic acids is 1. The van der Waals surface area contributed by atoms with Gasteiger partial charge in [-0.2, -0.15) is 0 Å². The van der Waals surface area contributed by atoms with Gasteiger partial charge in [0.2, 0.25) is 5.92 Å². The fraction of sp³-hybridized carbons (Fsp3) is 0.387. The number of nitrogens with zero attached hydrogens (tertiary/aromatic N) is 1. The number of benzene rings is 3. The van der Waals surface area contributed by atoms with Gasteiger partial charge in [0.25, 0.3) is 6.47 Å². The molecule has 0 radical (unpaired) electrons. The summed E-state index contributed by atoms with van der Waals surface area (Å²) in [5, 5.41) is 2.68. The minimum absolute atomic E-state index is 0.0756. The zero-order valence-electron chi connectivity index (χ0n) is 22.4. The Balaban J connectivity index is 1.48. The van der Waals surface area contributed by atoms with Crippen LogP contribution in [0.25, 0.3) is 21.7 Å². The van der Waals surface area contributed by atoms with Gasteiger partial charge in [0, 0.05) is 48.1 Å². The number of carbonyl (C=O) groups is 1. The SMILES string of the molecule is COc1cc(C)c2[nH]ccc2c1CN1CCC2(C[C@H]1c1ccc(OC=O)c3c(OC)cccc13)CC(F)(F)C2. The van der Waals surface area contributed by atoms with Crippen LogP contribution in [0, 0.1) is 12.3 Å². The molecule has 1 saturated heterocycles. The van der Waals surface area contributed by atoms with Crippen LogP contribution in [-0.4, -0.2) is 43.0 Å². The Labute approximate surface area is 225 Å². The largest absolute Gasteiger partial charge is 0.496 e. The molecule has 1 aliphatic carbocycles. The fourth-order valence-electron chi connectivity index (χ4n) is 7.00. The number of H-pyrrole nitrogens is 1. The number of aromatic nitrogens is 1. The number of piperidine rings is 1. The van der Waals surface area contributed by atoms with E-state index in [2.05, 4.69) is 22.9 Å². The molecule has 0 unspecified atom stereocenters. The molecule has 1 aromatic heterocycles. The van der Waals surface area contributed by atoms with Crippen molar-refractivity contribution in [2.24, 2.45) is 5.41 Å². The summed E-state index contributed by atoms with van der Waals surface area (Å²) in [6.07, 6.45) is 3.12. The first-order valence-electron chi connectivity index (χ1n) is 13.2. The van der Waals surface area contributed by atoms with Gasteiger partial charge in [-0.05, 0) is 72.5 Å². The maximum absolute atomic E-state index is 14.2.